The van der Waals surface area contributed by atoms with Gasteiger partial charge >= 0.3 is 0 Å². The van der Waals surface area contributed by atoms with Crippen LogP contribution in [0.1, 0.15) is 35.1 Å². The van der Waals surface area contributed by atoms with E-state index in [1.54, 1.807) is 12.1 Å². The van der Waals surface area contributed by atoms with E-state index in [1.807, 2.05) is 32.3 Å². The van der Waals surface area contributed by atoms with Crippen molar-refractivity contribution in [1.29, 1.82) is 5.41 Å². The number of rotatable bonds is 6. The maximum atomic E-state index is 13.4. The van der Waals surface area contributed by atoms with Gasteiger partial charge in [-0.3, -0.25) is 5.41 Å². The lowest BCUT2D eigenvalue weighted by molar-refractivity contribution is -0.0140. The number of nitrogens with zero attached hydrogens (tertiary/aromatic N) is 1. The minimum Gasteiger partial charge on any atom is -0.384 e. The van der Waals surface area contributed by atoms with Crippen molar-refractivity contribution in [3.63, 3.8) is 0 Å². The SMILES string of the molecule is CN(C)CCCC1(c2ccc(F)cc2)OCc2cc(C(=N)N)ccc21. The van der Waals surface area contributed by atoms with E-state index in [-0.39, 0.29) is 11.7 Å². The summed E-state index contributed by atoms with van der Waals surface area (Å²) in [7, 11) is 4.10. The molecule has 25 heavy (non-hydrogen) atoms. The molecular formula is C20H24FN3O. The van der Waals surface area contributed by atoms with Crippen LogP contribution in [0.4, 0.5) is 4.39 Å². The second-order valence-corrected chi connectivity index (χ2v) is 6.82. The van der Waals surface area contributed by atoms with Crippen molar-refractivity contribution < 1.29 is 9.13 Å². The topological polar surface area (TPSA) is 62.3 Å². The number of ether oxygens (including phenoxy) is 1. The molecule has 2 aromatic carbocycles. The lowest BCUT2D eigenvalue weighted by atomic mass is 9.81. The van der Waals surface area contributed by atoms with Gasteiger partial charge in [0, 0.05) is 5.56 Å². The number of fused-ring (bicyclic) bond motifs is 1. The molecule has 1 aliphatic rings. The molecule has 2 aromatic rings. The zero-order valence-corrected chi connectivity index (χ0v) is 14.7. The van der Waals surface area contributed by atoms with Gasteiger partial charge in [0.05, 0.1) is 6.61 Å². The fourth-order valence-corrected chi connectivity index (χ4v) is 3.51. The van der Waals surface area contributed by atoms with Crippen molar-refractivity contribution in [2.24, 2.45) is 5.73 Å². The van der Waals surface area contributed by atoms with Gasteiger partial charge in [-0.15, -0.1) is 0 Å². The number of hydrogen-bond donors (Lipinski definition) is 2. The molecule has 1 unspecified atom stereocenters. The summed E-state index contributed by atoms with van der Waals surface area (Å²) < 4.78 is 19.7. The zero-order valence-electron chi connectivity index (χ0n) is 14.7. The smallest absolute Gasteiger partial charge is 0.123 e. The van der Waals surface area contributed by atoms with Gasteiger partial charge in [0.25, 0.3) is 0 Å². The van der Waals surface area contributed by atoms with Crippen molar-refractivity contribution in [3.05, 3.63) is 70.5 Å². The standard InChI is InChI=1S/C20H24FN3O/c1-24(2)11-3-10-20(16-5-7-17(21)8-6-16)18-9-4-14(19(22)23)12-15(18)13-25-20/h4-9,12H,3,10-11,13H2,1-2H3,(H3,22,23). The highest BCUT2D eigenvalue weighted by Gasteiger charge is 2.41. The minimum atomic E-state index is -0.575. The Hall–Kier alpha value is -2.24. The fourth-order valence-electron chi connectivity index (χ4n) is 3.51. The van der Waals surface area contributed by atoms with Crippen LogP contribution in [0.25, 0.3) is 0 Å². The molecule has 132 valence electrons. The number of benzene rings is 2. The Bertz CT molecular complexity index is 773. The molecule has 0 saturated heterocycles. The van der Waals surface area contributed by atoms with Crippen LogP contribution in [0.15, 0.2) is 42.5 Å². The third-order valence-electron chi connectivity index (χ3n) is 4.77. The molecule has 0 aromatic heterocycles. The molecule has 5 heteroatoms. The monoisotopic (exact) mass is 341 g/mol. The number of nitrogens with two attached hydrogens (primary N) is 1. The summed E-state index contributed by atoms with van der Waals surface area (Å²) in [5.41, 5.74) is 8.83. The predicted octanol–water partition coefficient (Wildman–Crippen LogP) is 3.23. The number of hydrogen-bond acceptors (Lipinski definition) is 3. The number of amidine groups is 1. The first-order chi connectivity index (χ1) is 11.9. The molecular weight excluding hydrogens is 317 g/mol. The van der Waals surface area contributed by atoms with Crippen molar-refractivity contribution in [2.75, 3.05) is 20.6 Å². The average Bonchev–Trinajstić information content (AvgIpc) is 2.94. The maximum Gasteiger partial charge on any atom is 0.123 e. The van der Waals surface area contributed by atoms with E-state index in [1.165, 1.54) is 12.1 Å². The Balaban J connectivity index is 2.02. The normalized spacial score (nSPS) is 19.2. The Morgan fingerprint density at radius 2 is 1.96 bits per heavy atom. The number of halogens is 1. The molecule has 0 amide bonds. The molecule has 0 fully saturated rings. The van der Waals surface area contributed by atoms with Crippen molar-refractivity contribution in [2.45, 2.75) is 25.0 Å². The first-order valence-corrected chi connectivity index (χ1v) is 8.45. The van der Waals surface area contributed by atoms with Crippen LogP contribution in [-0.4, -0.2) is 31.4 Å². The first kappa shape index (κ1) is 17.6. The molecule has 1 atom stereocenters. The highest BCUT2D eigenvalue weighted by Crippen LogP contribution is 2.45. The van der Waals surface area contributed by atoms with E-state index in [2.05, 4.69) is 4.90 Å². The molecule has 4 nitrogen and oxygen atoms in total. The summed E-state index contributed by atoms with van der Waals surface area (Å²) in [4.78, 5) is 2.15. The Kier molecular flexibility index (Phi) is 4.88. The van der Waals surface area contributed by atoms with E-state index in [9.17, 15) is 4.39 Å². The highest BCUT2D eigenvalue weighted by molar-refractivity contribution is 5.95. The van der Waals surface area contributed by atoms with Gasteiger partial charge in [-0.05, 0) is 68.4 Å². The van der Waals surface area contributed by atoms with E-state index < -0.39 is 5.60 Å². The molecule has 0 spiro atoms. The summed E-state index contributed by atoms with van der Waals surface area (Å²) in [5, 5.41) is 7.63. The second kappa shape index (κ2) is 6.94. The van der Waals surface area contributed by atoms with Gasteiger partial charge in [0.1, 0.15) is 17.3 Å². The van der Waals surface area contributed by atoms with Crippen LogP contribution < -0.4 is 5.73 Å². The Morgan fingerprint density at radius 1 is 1.24 bits per heavy atom. The second-order valence-electron chi connectivity index (χ2n) is 6.82. The molecule has 3 N–H and O–H groups in total. The van der Waals surface area contributed by atoms with E-state index in [4.69, 9.17) is 15.9 Å². The van der Waals surface area contributed by atoms with E-state index in [0.29, 0.717) is 12.2 Å². The molecule has 1 heterocycles. The fraction of sp³-hybridized carbons (Fsp3) is 0.350. The van der Waals surface area contributed by atoms with Crippen molar-refractivity contribution in [1.82, 2.24) is 4.90 Å². The van der Waals surface area contributed by atoms with E-state index in [0.717, 1.165) is 36.1 Å². The summed E-state index contributed by atoms with van der Waals surface area (Å²) in [6.45, 7) is 1.42. The number of nitrogens with one attached hydrogen (secondary N) is 1. The van der Waals surface area contributed by atoms with Gasteiger partial charge in [-0.1, -0.05) is 24.3 Å². The summed E-state index contributed by atoms with van der Waals surface area (Å²) >= 11 is 0. The van der Waals surface area contributed by atoms with Gasteiger partial charge in [0.15, 0.2) is 0 Å². The predicted molar refractivity (Wildman–Crippen MR) is 97.2 cm³/mol. The molecule has 0 saturated carbocycles. The Labute approximate surface area is 147 Å². The summed E-state index contributed by atoms with van der Waals surface area (Å²) in [5.74, 6) is -0.202. The van der Waals surface area contributed by atoms with Gasteiger partial charge in [0.2, 0.25) is 0 Å². The number of nitrogen functional groups attached to an aromatic ring is 1. The minimum absolute atomic E-state index is 0.0506. The van der Waals surface area contributed by atoms with Crippen LogP contribution in [0.2, 0.25) is 0 Å². The van der Waals surface area contributed by atoms with Crippen LogP contribution in [0.5, 0.6) is 0 Å². The maximum absolute atomic E-state index is 13.4. The van der Waals surface area contributed by atoms with Gasteiger partial charge < -0.3 is 15.4 Å². The van der Waals surface area contributed by atoms with Crippen LogP contribution in [0, 0.1) is 11.2 Å². The summed E-state index contributed by atoms with van der Waals surface area (Å²) in [6, 6.07) is 12.4. The third-order valence-corrected chi connectivity index (χ3v) is 4.77. The molecule has 1 aliphatic heterocycles. The van der Waals surface area contributed by atoms with Crippen LogP contribution in [0.3, 0.4) is 0 Å². The Morgan fingerprint density at radius 3 is 2.60 bits per heavy atom. The largest absolute Gasteiger partial charge is 0.384 e. The van der Waals surface area contributed by atoms with Crippen molar-refractivity contribution in [3.8, 4) is 0 Å². The highest BCUT2D eigenvalue weighted by atomic mass is 19.1. The molecule has 0 bridgehead atoms. The van der Waals surface area contributed by atoms with Gasteiger partial charge in [-0.2, -0.15) is 0 Å². The van der Waals surface area contributed by atoms with Crippen LogP contribution in [-0.2, 0) is 16.9 Å². The molecule has 0 radical (unpaired) electrons. The quantitative estimate of drug-likeness (QED) is 0.626. The molecule has 0 aliphatic carbocycles. The third kappa shape index (κ3) is 3.43. The summed E-state index contributed by atoms with van der Waals surface area (Å²) in [6.07, 6.45) is 1.77. The lowest BCUT2D eigenvalue weighted by Crippen LogP contribution is -2.28. The first-order valence-electron chi connectivity index (χ1n) is 8.45. The lowest BCUT2D eigenvalue weighted by Gasteiger charge is -2.31. The zero-order chi connectivity index (χ0) is 18.0. The van der Waals surface area contributed by atoms with E-state index >= 15 is 0 Å². The van der Waals surface area contributed by atoms with Crippen molar-refractivity contribution >= 4 is 5.84 Å². The van der Waals surface area contributed by atoms with Crippen LogP contribution >= 0.6 is 0 Å². The average molecular weight is 341 g/mol. The molecule has 3 rings (SSSR count). The van der Waals surface area contributed by atoms with Gasteiger partial charge in [-0.25, -0.2) is 4.39 Å².